The van der Waals surface area contributed by atoms with Gasteiger partial charge >= 0.3 is 0 Å². The van der Waals surface area contributed by atoms with Crippen LogP contribution in [0.2, 0.25) is 0 Å². The predicted octanol–water partition coefficient (Wildman–Crippen LogP) is 3.36. The highest BCUT2D eigenvalue weighted by Gasteiger charge is 2.34. The van der Waals surface area contributed by atoms with Crippen molar-refractivity contribution in [1.29, 1.82) is 0 Å². The van der Waals surface area contributed by atoms with Crippen LogP contribution in [0.3, 0.4) is 0 Å². The Balaban J connectivity index is 1.64. The van der Waals surface area contributed by atoms with E-state index in [0.29, 0.717) is 10.8 Å². The van der Waals surface area contributed by atoms with E-state index in [0.717, 1.165) is 29.5 Å². The smallest absolute Gasteiger partial charge is 0.252 e. The molecule has 1 saturated carbocycles. The molecule has 0 unspecified atom stereocenters. The lowest BCUT2D eigenvalue weighted by Gasteiger charge is -2.32. The quantitative estimate of drug-likeness (QED) is 0.789. The van der Waals surface area contributed by atoms with Gasteiger partial charge < -0.3 is 5.32 Å². The van der Waals surface area contributed by atoms with Crippen molar-refractivity contribution in [2.24, 2.45) is 5.92 Å². The highest BCUT2D eigenvalue weighted by molar-refractivity contribution is 9.11. The average Bonchev–Trinajstić information content (AvgIpc) is 3.03. The van der Waals surface area contributed by atoms with Gasteiger partial charge in [0, 0.05) is 19.1 Å². The second-order valence-corrected chi connectivity index (χ2v) is 11.2. The number of carbonyl (C=O) groups excluding carboxylic acids is 1. The molecule has 0 radical (unpaired) electrons. The van der Waals surface area contributed by atoms with E-state index in [-0.39, 0.29) is 24.4 Å². The van der Waals surface area contributed by atoms with Crippen molar-refractivity contribution in [1.82, 2.24) is 9.62 Å². The van der Waals surface area contributed by atoms with Gasteiger partial charge in [-0.1, -0.05) is 19.3 Å². The van der Waals surface area contributed by atoms with Crippen molar-refractivity contribution in [3.05, 3.63) is 15.9 Å². The summed E-state index contributed by atoms with van der Waals surface area (Å²) in [5.74, 6) is -0.215. The Morgan fingerprint density at radius 3 is 2.58 bits per heavy atom. The SMILES string of the molecule is O=C(NC1CCCCC1)[C@H]1CCCN(S(=O)(=O)c2ccc(Br)s2)C1. The van der Waals surface area contributed by atoms with Crippen molar-refractivity contribution in [3.63, 3.8) is 0 Å². The Kier molecular flexibility index (Phi) is 6.00. The first-order valence-electron chi connectivity index (χ1n) is 8.52. The van der Waals surface area contributed by atoms with Crippen LogP contribution in [0.4, 0.5) is 0 Å². The maximum atomic E-state index is 12.7. The lowest BCUT2D eigenvalue weighted by atomic mass is 9.93. The van der Waals surface area contributed by atoms with E-state index < -0.39 is 10.0 Å². The molecule has 1 atom stereocenters. The zero-order chi connectivity index (χ0) is 17.2. The number of carbonyl (C=O) groups is 1. The van der Waals surface area contributed by atoms with Crippen molar-refractivity contribution in [2.45, 2.75) is 55.2 Å². The molecule has 8 heteroatoms. The molecule has 3 rings (SSSR count). The minimum Gasteiger partial charge on any atom is -0.353 e. The summed E-state index contributed by atoms with van der Waals surface area (Å²) in [5, 5.41) is 3.14. The van der Waals surface area contributed by atoms with Crippen LogP contribution >= 0.6 is 27.3 Å². The van der Waals surface area contributed by atoms with Gasteiger partial charge in [-0.2, -0.15) is 4.31 Å². The molecule has 0 aromatic carbocycles. The molecule has 5 nitrogen and oxygen atoms in total. The Bertz CT molecular complexity index is 683. The Morgan fingerprint density at radius 2 is 1.92 bits per heavy atom. The van der Waals surface area contributed by atoms with Crippen molar-refractivity contribution >= 4 is 43.2 Å². The molecule has 1 N–H and O–H groups in total. The lowest BCUT2D eigenvalue weighted by Crippen LogP contribution is -2.47. The van der Waals surface area contributed by atoms with Gasteiger partial charge in [-0.05, 0) is 53.7 Å². The van der Waals surface area contributed by atoms with Crippen molar-refractivity contribution in [2.75, 3.05) is 13.1 Å². The summed E-state index contributed by atoms with van der Waals surface area (Å²) in [7, 11) is -3.50. The summed E-state index contributed by atoms with van der Waals surface area (Å²) < 4.78 is 28.1. The zero-order valence-electron chi connectivity index (χ0n) is 13.5. The van der Waals surface area contributed by atoms with Crippen LogP contribution in [-0.4, -0.2) is 37.8 Å². The van der Waals surface area contributed by atoms with Gasteiger partial charge in [-0.3, -0.25) is 4.79 Å². The van der Waals surface area contributed by atoms with E-state index in [1.807, 2.05) is 0 Å². The van der Waals surface area contributed by atoms with Gasteiger partial charge in [0.2, 0.25) is 5.91 Å². The van der Waals surface area contributed by atoms with Crippen LogP contribution in [-0.2, 0) is 14.8 Å². The lowest BCUT2D eigenvalue weighted by molar-refractivity contribution is -0.127. The van der Waals surface area contributed by atoms with Gasteiger partial charge in [0.25, 0.3) is 10.0 Å². The summed E-state index contributed by atoms with van der Waals surface area (Å²) in [4.78, 5) is 12.5. The Morgan fingerprint density at radius 1 is 1.17 bits per heavy atom. The number of nitrogens with zero attached hydrogens (tertiary/aromatic N) is 1. The van der Waals surface area contributed by atoms with Crippen LogP contribution in [0.15, 0.2) is 20.1 Å². The fourth-order valence-electron chi connectivity index (χ4n) is 3.50. The first-order chi connectivity index (χ1) is 11.5. The maximum Gasteiger partial charge on any atom is 0.252 e. The number of piperidine rings is 1. The highest BCUT2D eigenvalue weighted by atomic mass is 79.9. The minimum absolute atomic E-state index is 0.0224. The summed E-state index contributed by atoms with van der Waals surface area (Å²) >= 11 is 4.52. The van der Waals surface area contributed by atoms with Crippen molar-refractivity contribution < 1.29 is 13.2 Å². The standard InChI is InChI=1S/C16H23BrN2O3S2/c17-14-8-9-15(23-14)24(21,22)19-10-4-5-12(11-19)16(20)18-13-6-2-1-3-7-13/h8-9,12-13H,1-7,10-11H2,(H,18,20)/t12-/m0/s1. The zero-order valence-corrected chi connectivity index (χ0v) is 16.8. The molecule has 0 bridgehead atoms. The fourth-order valence-corrected chi connectivity index (χ4v) is 7.19. The molecule has 2 fully saturated rings. The first-order valence-corrected chi connectivity index (χ1v) is 11.6. The fraction of sp³-hybridized carbons (Fsp3) is 0.688. The molecule has 2 heterocycles. The maximum absolute atomic E-state index is 12.7. The molecular formula is C16H23BrN2O3S2. The van der Waals surface area contributed by atoms with E-state index in [1.165, 1.54) is 34.9 Å². The minimum atomic E-state index is -3.50. The van der Waals surface area contributed by atoms with Gasteiger partial charge in [0.1, 0.15) is 4.21 Å². The summed E-state index contributed by atoms with van der Waals surface area (Å²) in [6, 6.07) is 3.64. The van der Waals surface area contributed by atoms with E-state index >= 15 is 0 Å². The molecule has 0 spiro atoms. The number of thiophene rings is 1. The van der Waals surface area contributed by atoms with Crippen LogP contribution < -0.4 is 5.32 Å². The molecular weight excluding hydrogens is 412 g/mol. The van der Waals surface area contributed by atoms with Crippen LogP contribution in [0.5, 0.6) is 0 Å². The van der Waals surface area contributed by atoms with E-state index in [1.54, 1.807) is 12.1 Å². The van der Waals surface area contributed by atoms with Gasteiger partial charge in [0.15, 0.2) is 0 Å². The number of sulfonamides is 1. The third-order valence-corrected chi connectivity index (χ3v) is 8.81. The number of hydrogen-bond acceptors (Lipinski definition) is 4. The van der Waals surface area contributed by atoms with E-state index in [4.69, 9.17) is 0 Å². The molecule has 1 aromatic heterocycles. The summed E-state index contributed by atoms with van der Waals surface area (Å²) in [6.45, 7) is 0.779. The first kappa shape index (κ1) is 18.4. The van der Waals surface area contributed by atoms with Crippen LogP contribution in [0.1, 0.15) is 44.9 Å². The second-order valence-electron chi connectivity index (χ2n) is 6.60. The number of rotatable bonds is 4. The molecule has 1 saturated heterocycles. The third kappa shape index (κ3) is 4.20. The number of hydrogen-bond donors (Lipinski definition) is 1. The molecule has 1 aromatic rings. The monoisotopic (exact) mass is 434 g/mol. The molecule has 1 amide bonds. The molecule has 1 aliphatic carbocycles. The number of nitrogens with one attached hydrogen (secondary N) is 1. The Hall–Kier alpha value is -0.440. The van der Waals surface area contributed by atoms with Crippen LogP contribution in [0, 0.1) is 5.92 Å². The predicted molar refractivity (Wildman–Crippen MR) is 98.5 cm³/mol. The number of halogens is 1. The van der Waals surface area contributed by atoms with Crippen molar-refractivity contribution in [3.8, 4) is 0 Å². The topological polar surface area (TPSA) is 66.5 Å². The van der Waals surface area contributed by atoms with Gasteiger partial charge in [-0.25, -0.2) is 8.42 Å². The van der Waals surface area contributed by atoms with Gasteiger partial charge in [-0.15, -0.1) is 11.3 Å². The molecule has 2 aliphatic rings. The summed E-state index contributed by atoms with van der Waals surface area (Å²) in [5.41, 5.74) is 0. The molecule has 1 aliphatic heterocycles. The largest absolute Gasteiger partial charge is 0.353 e. The van der Waals surface area contributed by atoms with Crippen LogP contribution in [0.25, 0.3) is 0 Å². The summed E-state index contributed by atoms with van der Waals surface area (Å²) in [6.07, 6.45) is 7.17. The normalized spacial score (nSPS) is 24.0. The average molecular weight is 435 g/mol. The Labute approximate surface area is 156 Å². The molecule has 134 valence electrons. The third-order valence-electron chi connectivity index (χ3n) is 4.85. The number of amides is 1. The molecule has 24 heavy (non-hydrogen) atoms. The highest BCUT2D eigenvalue weighted by Crippen LogP contribution is 2.31. The second kappa shape index (κ2) is 7.85. The van der Waals surface area contributed by atoms with E-state index in [9.17, 15) is 13.2 Å². The van der Waals surface area contributed by atoms with E-state index in [2.05, 4.69) is 21.2 Å². The van der Waals surface area contributed by atoms with Gasteiger partial charge in [0.05, 0.1) is 9.70 Å².